The van der Waals surface area contributed by atoms with Gasteiger partial charge in [-0.05, 0) is 60.8 Å². The Morgan fingerprint density at radius 2 is 1.71 bits per heavy atom. The van der Waals surface area contributed by atoms with Crippen molar-refractivity contribution in [2.75, 3.05) is 6.61 Å². The number of unbranched alkanes of at least 4 members (excludes halogenated alkanes) is 1. The van der Waals surface area contributed by atoms with Gasteiger partial charge in [0.05, 0.1) is 11.2 Å². The molecule has 0 aliphatic carbocycles. The standard InChI is InChI=1S/C15H29NO5/c1-14(2,3)19-10-8-7-9-12(20-15(4,5)6)13(18)21-16-11-17/h11-12H,7-10H2,1-6H3,(H,16,17). The summed E-state index contributed by atoms with van der Waals surface area (Å²) in [6.45, 7) is 12.2. The topological polar surface area (TPSA) is 73.9 Å². The van der Waals surface area contributed by atoms with Crippen molar-refractivity contribution in [3.63, 3.8) is 0 Å². The van der Waals surface area contributed by atoms with E-state index in [0.717, 1.165) is 12.8 Å². The van der Waals surface area contributed by atoms with E-state index in [-0.39, 0.29) is 5.60 Å². The van der Waals surface area contributed by atoms with Gasteiger partial charge in [-0.1, -0.05) is 0 Å². The Kier molecular flexibility index (Phi) is 8.51. The highest BCUT2D eigenvalue weighted by atomic mass is 16.7. The number of nitrogens with one attached hydrogen (secondary N) is 1. The van der Waals surface area contributed by atoms with Crippen molar-refractivity contribution in [2.24, 2.45) is 0 Å². The monoisotopic (exact) mass is 303 g/mol. The molecule has 1 atom stereocenters. The first kappa shape index (κ1) is 19.9. The van der Waals surface area contributed by atoms with Crippen molar-refractivity contribution < 1.29 is 23.9 Å². The van der Waals surface area contributed by atoms with Crippen LogP contribution in [0.3, 0.4) is 0 Å². The molecule has 21 heavy (non-hydrogen) atoms. The minimum atomic E-state index is -0.702. The zero-order valence-corrected chi connectivity index (χ0v) is 14.0. The highest BCUT2D eigenvalue weighted by Gasteiger charge is 2.26. The van der Waals surface area contributed by atoms with Crippen LogP contribution in [0.1, 0.15) is 60.8 Å². The fraction of sp³-hybridized carbons (Fsp3) is 0.867. The normalized spacial score (nSPS) is 13.6. The minimum Gasteiger partial charge on any atom is -0.376 e. The molecule has 0 aromatic rings. The third-order valence-electron chi connectivity index (χ3n) is 2.36. The van der Waals surface area contributed by atoms with Crippen molar-refractivity contribution in [1.29, 1.82) is 0 Å². The molecule has 0 aromatic heterocycles. The fourth-order valence-electron chi connectivity index (χ4n) is 1.61. The van der Waals surface area contributed by atoms with Crippen LogP contribution in [-0.2, 0) is 23.9 Å². The zero-order chi connectivity index (χ0) is 16.5. The molecular formula is C15H29NO5. The lowest BCUT2D eigenvalue weighted by atomic mass is 10.1. The number of carbonyl (C=O) groups excluding carboxylic acids is 2. The van der Waals surface area contributed by atoms with Gasteiger partial charge in [0.2, 0.25) is 6.41 Å². The molecule has 0 heterocycles. The molecule has 0 aliphatic heterocycles. The van der Waals surface area contributed by atoms with Gasteiger partial charge in [0.1, 0.15) is 0 Å². The number of rotatable bonds is 9. The van der Waals surface area contributed by atoms with E-state index in [4.69, 9.17) is 9.47 Å². The minimum absolute atomic E-state index is 0.159. The molecule has 0 fully saturated rings. The Bertz CT molecular complexity index is 317. The first-order valence-corrected chi connectivity index (χ1v) is 7.27. The quantitative estimate of drug-likeness (QED) is 0.402. The Hall–Kier alpha value is -1.14. The van der Waals surface area contributed by atoms with E-state index in [9.17, 15) is 9.59 Å². The number of hydrogen-bond donors (Lipinski definition) is 1. The molecule has 124 valence electrons. The lowest BCUT2D eigenvalue weighted by molar-refractivity contribution is -0.175. The molecule has 0 radical (unpaired) electrons. The van der Waals surface area contributed by atoms with Gasteiger partial charge in [0.15, 0.2) is 6.10 Å². The molecule has 0 bridgehead atoms. The summed E-state index contributed by atoms with van der Waals surface area (Å²) >= 11 is 0. The first-order valence-electron chi connectivity index (χ1n) is 7.27. The molecule has 6 heteroatoms. The number of carbonyl (C=O) groups is 2. The van der Waals surface area contributed by atoms with E-state index in [2.05, 4.69) is 4.84 Å². The maximum Gasteiger partial charge on any atom is 0.360 e. The number of amides is 1. The molecule has 6 nitrogen and oxygen atoms in total. The number of ether oxygens (including phenoxy) is 2. The highest BCUT2D eigenvalue weighted by Crippen LogP contribution is 2.17. The summed E-state index contributed by atoms with van der Waals surface area (Å²) in [6.07, 6.45) is 1.72. The van der Waals surface area contributed by atoms with Crippen molar-refractivity contribution in [2.45, 2.75) is 78.1 Å². The van der Waals surface area contributed by atoms with Crippen LogP contribution in [0.5, 0.6) is 0 Å². The Labute approximate surface area is 127 Å². The average Bonchev–Trinajstić information content (AvgIpc) is 2.31. The Morgan fingerprint density at radius 1 is 1.10 bits per heavy atom. The lowest BCUT2D eigenvalue weighted by Gasteiger charge is -2.26. The van der Waals surface area contributed by atoms with Crippen LogP contribution in [0.2, 0.25) is 0 Å². The summed E-state index contributed by atoms with van der Waals surface area (Å²) in [5, 5.41) is 0. The van der Waals surface area contributed by atoms with Crippen LogP contribution in [0.25, 0.3) is 0 Å². The molecule has 0 saturated heterocycles. The molecule has 0 saturated carbocycles. The Balaban J connectivity index is 4.22. The molecule has 1 N–H and O–H groups in total. The van der Waals surface area contributed by atoms with Crippen molar-refractivity contribution in [3.05, 3.63) is 0 Å². The Morgan fingerprint density at radius 3 is 2.19 bits per heavy atom. The molecule has 0 aromatic carbocycles. The van der Waals surface area contributed by atoms with Crippen molar-refractivity contribution in [1.82, 2.24) is 5.48 Å². The first-order chi connectivity index (χ1) is 9.55. The number of hydrogen-bond acceptors (Lipinski definition) is 5. The van der Waals surface area contributed by atoms with Gasteiger partial charge in [-0.15, -0.1) is 0 Å². The van der Waals surface area contributed by atoms with Crippen LogP contribution in [0, 0.1) is 0 Å². The largest absolute Gasteiger partial charge is 0.376 e. The smallest absolute Gasteiger partial charge is 0.360 e. The summed E-state index contributed by atoms with van der Waals surface area (Å²) in [6, 6.07) is 0. The van der Waals surface area contributed by atoms with E-state index < -0.39 is 17.7 Å². The van der Waals surface area contributed by atoms with Crippen LogP contribution in [0.4, 0.5) is 0 Å². The van der Waals surface area contributed by atoms with E-state index >= 15 is 0 Å². The van der Waals surface area contributed by atoms with Gasteiger partial charge < -0.3 is 14.3 Å². The highest BCUT2D eigenvalue weighted by molar-refractivity contribution is 5.75. The van der Waals surface area contributed by atoms with E-state index in [1.807, 2.05) is 47.0 Å². The van der Waals surface area contributed by atoms with E-state index in [0.29, 0.717) is 19.4 Å². The van der Waals surface area contributed by atoms with Crippen LogP contribution in [-0.4, -0.2) is 36.3 Å². The van der Waals surface area contributed by atoms with E-state index in [1.54, 1.807) is 0 Å². The van der Waals surface area contributed by atoms with Crippen LogP contribution >= 0.6 is 0 Å². The van der Waals surface area contributed by atoms with Crippen molar-refractivity contribution in [3.8, 4) is 0 Å². The maximum absolute atomic E-state index is 11.8. The lowest BCUT2D eigenvalue weighted by Crippen LogP contribution is -2.37. The zero-order valence-electron chi connectivity index (χ0n) is 14.0. The summed E-state index contributed by atoms with van der Waals surface area (Å²) < 4.78 is 11.3. The van der Waals surface area contributed by atoms with Gasteiger partial charge in [-0.3, -0.25) is 4.79 Å². The predicted octanol–water partition coefficient (Wildman–Crippen LogP) is 2.36. The van der Waals surface area contributed by atoms with Gasteiger partial charge in [-0.2, -0.15) is 5.48 Å². The molecular weight excluding hydrogens is 274 g/mol. The SMILES string of the molecule is CC(C)(C)OCCCCC(OC(C)(C)C)C(=O)ONC=O. The summed E-state index contributed by atoms with van der Waals surface area (Å²) in [4.78, 5) is 26.6. The van der Waals surface area contributed by atoms with Crippen molar-refractivity contribution >= 4 is 12.4 Å². The van der Waals surface area contributed by atoms with E-state index in [1.165, 1.54) is 0 Å². The summed E-state index contributed by atoms with van der Waals surface area (Å²) in [5.74, 6) is -0.589. The maximum atomic E-state index is 11.8. The van der Waals surface area contributed by atoms with Crippen LogP contribution in [0.15, 0.2) is 0 Å². The molecule has 0 aliphatic rings. The third kappa shape index (κ3) is 12.3. The molecule has 1 unspecified atom stereocenters. The van der Waals surface area contributed by atoms with Crippen LogP contribution < -0.4 is 5.48 Å². The molecule has 0 spiro atoms. The number of hydroxylamine groups is 1. The second-order valence-corrected chi connectivity index (χ2v) is 6.83. The van der Waals surface area contributed by atoms with Gasteiger partial charge in [0, 0.05) is 6.61 Å². The average molecular weight is 303 g/mol. The van der Waals surface area contributed by atoms with Gasteiger partial charge >= 0.3 is 5.97 Å². The second-order valence-electron chi connectivity index (χ2n) is 6.83. The second kappa shape index (κ2) is 9.00. The summed E-state index contributed by atoms with van der Waals surface area (Å²) in [7, 11) is 0. The fourth-order valence-corrected chi connectivity index (χ4v) is 1.61. The predicted molar refractivity (Wildman–Crippen MR) is 79.5 cm³/mol. The summed E-state index contributed by atoms with van der Waals surface area (Å²) in [5.41, 5.74) is 1.28. The third-order valence-corrected chi connectivity index (χ3v) is 2.36. The molecule has 1 amide bonds. The molecule has 0 rings (SSSR count). The van der Waals surface area contributed by atoms with Gasteiger partial charge in [0.25, 0.3) is 0 Å². The van der Waals surface area contributed by atoms with Gasteiger partial charge in [-0.25, -0.2) is 4.79 Å².